The molecular formula is C13H16N2O2S. The van der Waals surface area contributed by atoms with Gasteiger partial charge >= 0.3 is 0 Å². The topological polar surface area (TPSA) is 58.2 Å². The Hall–Kier alpha value is -1.23. The third-order valence-corrected chi connectivity index (χ3v) is 4.53. The molecule has 4 nitrogen and oxygen atoms in total. The minimum Gasteiger partial charge on any atom is -0.372 e. The highest BCUT2D eigenvalue weighted by Crippen LogP contribution is 2.37. The second kappa shape index (κ2) is 4.80. The number of carbonyl (C=O) groups is 2. The van der Waals surface area contributed by atoms with E-state index < -0.39 is 0 Å². The smallest absolute Gasteiger partial charge is 0.223 e. The summed E-state index contributed by atoms with van der Waals surface area (Å²) in [6.45, 7) is 0.703. The van der Waals surface area contributed by atoms with Crippen LogP contribution in [0.1, 0.15) is 25.7 Å². The van der Waals surface area contributed by atoms with Gasteiger partial charge in [-0.25, -0.2) is 0 Å². The summed E-state index contributed by atoms with van der Waals surface area (Å²) >= 11 is 1.68. The van der Waals surface area contributed by atoms with Crippen molar-refractivity contribution in [1.82, 2.24) is 10.6 Å². The molecule has 1 saturated carbocycles. The summed E-state index contributed by atoms with van der Waals surface area (Å²) in [5, 5.41) is 6.62. The van der Waals surface area contributed by atoms with E-state index in [1.54, 1.807) is 17.8 Å². The lowest BCUT2D eigenvalue weighted by molar-refractivity contribution is -0.122. The Labute approximate surface area is 110 Å². The molecule has 2 fully saturated rings. The fraction of sp³-hybridized carbons (Fsp3) is 0.538. The predicted octanol–water partition coefficient (Wildman–Crippen LogP) is 1.31. The highest BCUT2D eigenvalue weighted by molar-refractivity contribution is 8.04. The molecule has 5 heteroatoms. The van der Waals surface area contributed by atoms with Crippen molar-refractivity contribution < 1.29 is 9.59 Å². The normalized spacial score (nSPS) is 26.0. The van der Waals surface area contributed by atoms with E-state index >= 15 is 0 Å². The van der Waals surface area contributed by atoms with Gasteiger partial charge in [-0.1, -0.05) is 17.8 Å². The zero-order chi connectivity index (χ0) is 12.5. The van der Waals surface area contributed by atoms with Gasteiger partial charge in [0, 0.05) is 29.5 Å². The molecule has 0 spiro atoms. The third kappa shape index (κ3) is 2.61. The van der Waals surface area contributed by atoms with Crippen molar-refractivity contribution in [2.75, 3.05) is 6.54 Å². The molecule has 1 amide bonds. The molecule has 0 aromatic heterocycles. The third-order valence-electron chi connectivity index (χ3n) is 3.30. The van der Waals surface area contributed by atoms with Gasteiger partial charge in [0.1, 0.15) is 0 Å². The van der Waals surface area contributed by atoms with Crippen LogP contribution in [0.4, 0.5) is 0 Å². The van der Waals surface area contributed by atoms with Crippen LogP contribution in [0.25, 0.3) is 0 Å². The largest absolute Gasteiger partial charge is 0.372 e. The van der Waals surface area contributed by atoms with Crippen molar-refractivity contribution in [3.8, 4) is 0 Å². The zero-order valence-corrected chi connectivity index (χ0v) is 10.9. The Kier molecular flexibility index (Phi) is 3.16. The highest BCUT2D eigenvalue weighted by atomic mass is 32.2. The summed E-state index contributed by atoms with van der Waals surface area (Å²) in [5.41, 5.74) is 1.08. The Morgan fingerprint density at radius 1 is 1.50 bits per heavy atom. The van der Waals surface area contributed by atoms with E-state index in [0.717, 1.165) is 29.9 Å². The average Bonchev–Trinajstić information content (AvgIpc) is 3.11. The number of hydrogen-bond acceptors (Lipinski definition) is 4. The molecule has 3 aliphatic rings. The van der Waals surface area contributed by atoms with Gasteiger partial charge in [0.2, 0.25) is 5.91 Å². The standard InChI is InChI=1S/C13H16N2O2S/c16-9-3-4-10-11(7-9)18-12(15-10)5-6-14-13(17)8-1-2-8/h4,7-8,12,15H,1-3,5-6H2,(H,14,17). The summed E-state index contributed by atoms with van der Waals surface area (Å²) in [6, 6.07) is 0. The van der Waals surface area contributed by atoms with Gasteiger partial charge in [-0.15, -0.1) is 0 Å². The van der Waals surface area contributed by atoms with Gasteiger partial charge in [0.25, 0.3) is 0 Å². The molecule has 0 radical (unpaired) electrons. The first-order valence-corrected chi connectivity index (χ1v) is 7.26. The van der Waals surface area contributed by atoms with Crippen LogP contribution in [0, 0.1) is 5.92 Å². The molecule has 2 aliphatic carbocycles. The predicted molar refractivity (Wildman–Crippen MR) is 70.7 cm³/mol. The maximum atomic E-state index is 11.5. The zero-order valence-electron chi connectivity index (χ0n) is 10.1. The van der Waals surface area contributed by atoms with E-state index in [1.807, 2.05) is 6.08 Å². The molecule has 96 valence electrons. The van der Waals surface area contributed by atoms with Crippen molar-refractivity contribution in [2.45, 2.75) is 31.1 Å². The Morgan fingerprint density at radius 3 is 3.11 bits per heavy atom. The number of thioether (sulfide) groups is 1. The van der Waals surface area contributed by atoms with Crippen molar-refractivity contribution in [3.63, 3.8) is 0 Å². The Bertz CT molecular complexity index is 452. The van der Waals surface area contributed by atoms with Crippen LogP contribution in [0.15, 0.2) is 22.8 Å². The maximum absolute atomic E-state index is 11.5. The molecule has 3 rings (SSSR count). The van der Waals surface area contributed by atoms with Crippen molar-refractivity contribution in [1.29, 1.82) is 0 Å². The molecule has 1 atom stereocenters. The molecule has 1 unspecified atom stereocenters. The van der Waals surface area contributed by atoms with Crippen molar-refractivity contribution >= 4 is 23.5 Å². The van der Waals surface area contributed by atoms with Crippen LogP contribution >= 0.6 is 11.8 Å². The lowest BCUT2D eigenvalue weighted by Crippen LogP contribution is -2.30. The quantitative estimate of drug-likeness (QED) is 0.803. The molecule has 2 N–H and O–H groups in total. The van der Waals surface area contributed by atoms with E-state index in [1.165, 1.54) is 0 Å². The fourth-order valence-electron chi connectivity index (χ4n) is 2.12. The summed E-state index contributed by atoms with van der Waals surface area (Å²) < 4.78 is 0. The maximum Gasteiger partial charge on any atom is 0.223 e. The highest BCUT2D eigenvalue weighted by Gasteiger charge is 2.30. The van der Waals surface area contributed by atoms with Crippen molar-refractivity contribution in [3.05, 3.63) is 22.8 Å². The summed E-state index contributed by atoms with van der Waals surface area (Å²) in [7, 11) is 0. The number of amides is 1. The lowest BCUT2D eigenvalue weighted by Gasteiger charge is -2.10. The number of rotatable bonds is 4. The van der Waals surface area contributed by atoms with E-state index in [4.69, 9.17) is 0 Å². The first-order valence-electron chi connectivity index (χ1n) is 6.38. The molecule has 1 saturated heterocycles. The number of nitrogens with one attached hydrogen (secondary N) is 2. The van der Waals surface area contributed by atoms with Crippen LogP contribution < -0.4 is 10.6 Å². The lowest BCUT2D eigenvalue weighted by atomic mass is 10.1. The van der Waals surface area contributed by atoms with Gasteiger partial charge in [-0.05, 0) is 25.3 Å². The van der Waals surface area contributed by atoms with Gasteiger partial charge in [0.15, 0.2) is 5.78 Å². The number of fused-ring (bicyclic) bond motifs is 1. The molecule has 1 aliphatic heterocycles. The van der Waals surface area contributed by atoms with E-state index in [0.29, 0.717) is 13.0 Å². The van der Waals surface area contributed by atoms with Crippen LogP contribution in [-0.2, 0) is 9.59 Å². The first kappa shape index (κ1) is 11.8. The minimum atomic E-state index is 0.172. The molecule has 0 bridgehead atoms. The monoisotopic (exact) mass is 264 g/mol. The second-order valence-electron chi connectivity index (χ2n) is 4.90. The van der Waals surface area contributed by atoms with E-state index in [-0.39, 0.29) is 23.0 Å². The number of carbonyl (C=O) groups excluding carboxylic acids is 2. The van der Waals surface area contributed by atoms with E-state index in [9.17, 15) is 9.59 Å². The Morgan fingerprint density at radius 2 is 2.33 bits per heavy atom. The fourth-order valence-corrected chi connectivity index (χ4v) is 3.31. The Balaban J connectivity index is 1.46. The molecule has 0 aromatic carbocycles. The number of ketones is 1. The van der Waals surface area contributed by atoms with Gasteiger partial charge in [-0.3, -0.25) is 9.59 Å². The first-order chi connectivity index (χ1) is 8.72. The summed E-state index contributed by atoms with van der Waals surface area (Å²) in [5.74, 6) is 0.648. The van der Waals surface area contributed by atoms with Crippen molar-refractivity contribution in [2.24, 2.45) is 5.92 Å². The molecule has 18 heavy (non-hydrogen) atoms. The molecule has 0 aromatic rings. The second-order valence-corrected chi connectivity index (χ2v) is 6.15. The number of hydrogen-bond donors (Lipinski definition) is 2. The van der Waals surface area contributed by atoms with Gasteiger partial charge in [-0.2, -0.15) is 0 Å². The molecular weight excluding hydrogens is 248 g/mol. The average molecular weight is 264 g/mol. The van der Waals surface area contributed by atoms with Crippen LogP contribution in [0.5, 0.6) is 0 Å². The summed E-state index contributed by atoms with van der Waals surface area (Å²) in [4.78, 5) is 23.8. The SMILES string of the molecule is O=C1C=C2SC(CCNC(=O)C3CC3)NC2=CC1. The van der Waals surface area contributed by atoms with Crippen LogP contribution in [0.2, 0.25) is 0 Å². The molecule has 1 heterocycles. The number of allylic oxidation sites excluding steroid dienone is 2. The minimum absolute atomic E-state index is 0.172. The van der Waals surface area contributed by atoms with E-state index in [2.05, 4.69) is 10.6 Å². The summed E-state index contributed by atoms with van der Waals surface area (Å²) in [6.07, 6.45) is 7.14. The van der Waals surface area contributed by atoms with Crippen LogP contribution in [-0.4, -0.2) is 23.6 Å². The van der Waals surface area contributed by atoms with Gasteiger partial charge < -0.3 is 10.6 Å². The van der Waals surface area contributed by atoms with Gasteiger partial charge in [0.05, 0.1) is 5.37 Å². The van der Waals surface area contributed by atoms with Crippen LogP contribution in [0.3, 0.4) is 0 Å².